The van der Waals surface area contributed by atoms with Gasteiger partial charge in [-0.05, 0) is 35.9 Å². The highest BCUT2D eigenvalue weighted by molar-refractivity contribution is 6.31. The normalized spacial score (nSPS) is 10.2. The zero-order chi connectivity index (χ0) is 16.8. The predicted molar refractivity (Wildman–Crippen MR) is 86.2 cm³/mol. The van der Waals surface area contributed by atoms with Gasteiger partial charge in [0.1, 0.15) is 5.82 Å². The summed E-state index contributed by atoms with van der Waals surface area (Å²) in [6.45, 7) is -0.443. The average Bonchev–Trinajstić information content (AvgIpc) is 2.51. The zero-order valence-electron chi connectivity index (χ0n) is 11.8. The minimum Gasteiger partial charge on any atom is -0.455 e. The van der Waals surface area contributed by atoms with Gasteiger partial charge in [-0.1, -0.05) is 35.3 Å². The molecule has 0 aliphatic heterocycles. The van der Waals surface area contributed by atoms with Crippen LogP contribution in [-0.4, -0.2) is 18.5 Å². The molecule has 4 nitrogen and oxygen atoms in total. The SMILES string of the molecule is O=C(COC(=O)Cc1ccc(Cl)cc1)Nc1ccc(F)c(Cl)c1. The van der Waals surface area contributed by atoms with Crippen LogP contribution in [0, 0.1) is 5.82 Å². The number of carbonyl (C=O) groups is 2. The Bertz CT molecular complexity index is 720. The van der Waals surface area contributed by atoms with E-state index < -0.39 is 24.3 Å². The molecule has 2 rings (SSSR count). The second kappa shape index (κ2) is 7.94. The summed E-state index contributed by atoms with van der Waals surface area (Å²) in [6, 6.07) is 10.5. The van der Waals surface area contributed by atoms with E-state index >= 15 is 0 Å². The van der Waals surface area contributed by atoms with Gasteiger partial charge >= 0.3 is 5.97 Å². The fourth-order valence-electron chi connectivity index (χ4n) is 1.74. The first-order valence-electron chi connectivity index (χ1n) is 6.59. The Morgan fingerprint density at radius 3 is 2.43 bits per heavy atom. The molecule has 0 bridgehead atoms. The number of hydrogen-bond acceptors (Lipinski definition) is 3. The number of hydrogen-bond donors (Lipinski definition) is 1. The summed E-state index contributed by atoms with van der Waals surface area (Å²) in [5, 5.41) is 2.91. The van der Waals surface area contributed by atoms with Gasteiger partial charge < -0.3 is 10.1 Å². The van der Waals surface area contributed by atoms with E-state index in [-0.39, 0.29) is 11.4 Å². The summed E-state index contributed by atoms with van der Waals surface area (Å²) in [6.07, 6.45) is 0.0345. The highest BCUT2D eigenvalue weighted by Crippen LogP contribution is 2.19. The third-order valence-corrected chi connectivity index (χ3v) is 3.37. The molecule has 0 heterocycles. The molecule has 2 aromatic rings. The van der Waals surface area contributed by atoms with Crippen LogP contribution in [0.1, 0.15) is 5.56 Å². The van der Waals surface area contributed by atoms with Crippen LogP contribution in [0.15, 0.2) is 42.5 Å². The topological polar surface area (TPSA) is 55.4 Å². The van der Waals surface area contributed by atoms with Gasteiger partial charge in [0.25, 0.3) is 5.91 Å². The Hall–Kier alpha value is -2.11. The number of ether oxygens (including phenoxy) is 1. The van der Waals surface area contributed by atoms with E-state index in [1.54, 1.807) is 24.3 Å². The predicted octanol–water partition coefficient (Wildman–Crippen LogP) is 3.86. The van der Waals surface area contributed by atoms with Crippen LogP contribution < -0.4 is 5.32 Å². The van der Waals surface area contributed by atoms with Gasteiger partial charge in [-0.3, -0.25) is 9.59 Å². The molecule has 0 aromatic heterocycles. The van der Waals surface area contributed by atoms with Crippen molar-refractivity contribution in [1.82, 2.24) is 0 Å². The molecule has 120 valence electrons. The van der Waals surface area contributed by atoms with Crippen LogP contribution in [-0.2, 0) is 20.7 Å². The molecule has 0 aliphatic rings. The van der Waals surface area contributed by atoms with Crippen LogP contribution >= 0.6 is 23.2 Å². The summed E-state index contributed by atoms with van der Waals surface area (Å²) in [4.78, 5) is 23.3. The number of nitrogens with one attached hydrogen (secondary N) is 1. The molecule has 0 aliphatic carbocycles. The Balaban J connectivity index is 1.80. The molecule has 0 atom stereocenters. The second-order valence-corrected chi connectivity index (χ2v) is 5.48. The first-order chi connectivity index (χ1) is 10.9. The molecule has 0 saturated carbocycles. The van der Waals surface area contributed by atoms with Crippen LogP contribution in [0.3, 0.4) is 0 Å². The molecule has 0 spiro atoms. The molecule has 23 heavy (non-hydrogen) atoms. The molecule has 2 aromatic carbocycles. The van der Waals surface area contributed by atoms with Crippen LogP contribution in [0.2, 0.25) is 10.0 Å². The number of rotatable bonds is 5. The van der Waals surface area contributed by atoms with Gasteiger partial charge in [0.15, 0.2) is 6.61 Å². The quantitative estimate of drug-likeness (QED) is 0.828. The maximum atomic E-state index is 13.0. The molecule has 7 heteroatoms. The van der Waals surface area contributed by atoms with Crippen LogP contribution in [0.25, 0.3) is 0 Å². The van der Waals surface area contributed by atoms with E-state index in [4.69, 9.17) is 27.9 Å². The number of esters is 1. The Labute approximate surface area is 142 Å². The second-order valence-electron chi connectivity index (χ2n) is 4.64. The maximum Gasteiger partial charge on any atom is 0.310 e. The van der Waals surface area contributed by atoms with E-state index in [0.29, 0.717) is 10.7 Å². The van der Waals surface area contributed by atoms with Crippen molar-refractivity contribution in [1.29, 1.82) is 0 Å². The highest BCUT2D eigenvalue weighted by atomic mass is 35.5. The van der Waals surface area contributed by atoms with Crippen molar-refractivity contribution in [3.05, 3.63) is 63.9 Å². The fourth-order valence-corrected chi connectivity index (χ4v) is 2.04. The van der Waals surface area contributed by atoms with Gasteiger partial charge in [-0.15, -0.1) is 0 Å². The molecular weight excluding hydrogens is 344 g/mol. The smallest absolute Gasteiger partial charge is 0.310 e. The van der Waals surface area contributed by atoms with Gasteiger partial charge in [-0.2, -0.15) is 0 Å². The molecular formula is C16H12Cl2FNO3. The monoisotopic (exact) mass is 355 g/mol. The molecule has 0 saturated heterocycles. The summed E-state index contributed by atoms with van der Waals surface area (Å²) >= 11 is 11.4. The summed E-state index contributed by atoms with van der Waals surface area (Å²) in [5.41, 5.74) is 1.04. The van der Waals surface area contributed by atoms with Crippen molar-refractivity contribution < 1.29 is 18.7 Å². The standard InChI is InChI=1S/C16H12Cl2FNO3/c17-11-3-1-10(2-4-11)7-16(22)23-9-15(21)20-12-5-6-14(19)13(18)8-12/h1-6,8H,7,9H2,(H,20,21). The van der Waals surface area contributed by atoms with Gasteiger partial charge in [-0.25, -0.2) is 4.39 Å². The highest BCUT2D eigenvalue weighted by Gasteiger charge is 2.10. The number of amides is 1. The number of halogens is 3. The number of anilines is 1. The largest absolute Gasteiger partial charge is 0.455 e. The molecule has 1 N–H and O–H groups in total. The zero-order valence-corrected chi connectivity index (χ0v) is 13.3. The lowest BCUT2D eigenvalue weighted by atomic mass is 10.1. The van der Waals surface area contributed by atoms with Crippen molar-refractivity contribution in [3.63, 3.8) is 0 Å². The van der Waals surface area contributed by atoms with Gasteiger partial charge in [0, 0.05) is 10.7 Å². The first kappa shape index (κ1) is 17.2. The van der Waals surface area contributed by atoms with E-state index in [2.05, 4.69) is 5.32 Å². The first-order valence-corrected chi connectivity index (χ1v) is 7.34. The summed E-state index contributed by atoms with van der Waals surface area (Å²) in [5.74, 6) is -1.67. The third-order valence-electron chi connectivity index (χ3n) is 2.83. The van der Waals surface area contributed by atoms with E-state index in [1.807, 2.05) is 0 Å². The van der Waals surface area contributed by atoms with E-state index in [1.165, 1.54) is 12.1 Å². The van der Waals surface area contributed by atoms with Gasteiger partial charge in [0.05, 0.1) is 11.4 Å². The van der Waals surface area contributed by atoms with Crippen molar-refractivity contribution in [2.24, 2.45) is 0 Å². The Morgan fingerprint density at radius 1 is 1.09 bits per heavy atom. The Kier molecular flexibility index (Phi) is 5.96. The lowest BCUT2D eigenvalue weighted by molar-refractivity contribution is -0.146. The molecule has 0 unspecified atom stereocenters. The van der Waals surface area contributed by atoms with Crippen molar-refractivity contribution >= 4 is 40.8 Å². The average molecular weight is 356 g/mol. The minimum atomic E-state index is -0.584. The molecule has 0 fully saturated rings. The van der Waals surface area contributed by atoms with Crippen molar-refractivity contribution in [3.8, 4) is 0 Å². The van der Waals surface area contributed by atoms with Gasteiger partial charge in [0.2, 0.25) is 0 Å². The number of benzene rings is 2. The third kappa shape index (κ3) is 5.54. The summed E-state index contributed by atoms with van der Waals surface area (Å²) < 4.78 is 17.9. The minimum absolute atomic E-state index is 0.0345. The van der Waals surface area contributed by atoms with E-state index in [9.17, 15) is 14.0 Å². The molecule has 0 radical (unpaired) electrons. The summed E-state index contributed by atoms with van der Waals surface area (Å²) in [7, 11) is 0. The lowest BCUT2D eigenvalue weighted by Crippen LogP contribution is -2.21. The van der Waals surface area contributed by atoms with Crippen molar-refractivity contribution in [2.75, 3.05) is 11.9 Å². The lowest BCUT2D eigenvalue weighted by Gasteiger charge is -2.07. The van der Waals surface area contributed by atoms with Crippen LogP contribution in [0.4, 0.5) is 10.1 Å². The maximum absolute atomic E-state index is 13.0. The fraction of sp³-hybridized carbons (Fsp3) is 0.125. The van der Waals surface area contributed by atoms with E-state index in [0.717, 1.165) is 11.6 Å². The number of carbonyl (C=O) groups excluding carboxylic acids is 2. The Morgan fingerprint density at radius 2 is 1.78 bits per heavy atom. The van der Waals surface area contributed by atoms with Crippen LogP contribution in [0.5, 0.6) is 0 Å². The van der Waals surface area contributed by atoms with Crippen molar-refractivity contribution in [2.45, 2.75) is 6.42 Å². The molecule has 1 amide bonds.